The average Bonchev–Trinajstić information content (AvgIpc) is 3.26. The predicted molar refractivity (Wildman–Crippen MR) is 105 cm³/mol. The van der Waals surface area contributed by atoms with Gasteiger partial charge in [0, 0.05) is 12.7 Å². The van der Waals surface area contributed by atoms with Crippen molar-refractivity contribution >= 4 is 22.6 Å². The van der Waals surface area contributed by atoms with E-state index in [1.54, 1.807) is 23.1 Å². The molecule has 0 spiro atoms. The fourth-order valence-electron chi connectivity index (χ4n) is 3.19. The van der Waals surface area contributed by atoms with Gasteiger partial charge in [-0.05, 0) is 62.2 Å². The van der Waals surface area contributed by atoms with Gasteiger partial charge < -0.3 is 9.73 Å². The van der Waals surface area contributed by atoms with Crippen LogP contribution < -0.4 is 5.32 Å². The lowest BCUT2D eigenvalue weighted by atomic mass is 10.1. The number of aromatic nitrogens is 3. The zero-order valence-electron chi connectivity index (χ0n) is 15.7. The third-order valence-electron chi connectivity index (χ3n) is 4.75. The number of amides is 1. The van der Waals surface area contributed by atoms with Gasteiger partial charge in [-0.2, -0.15) is 5.10 Å². The first-order valence-electron chi connectivity index (χ1n) is 8.71. The second-order valence-corrected chi connectivity index (χ2v) is 6.69. The van der Waals surface area contributed by atoms with Crippen molar-refractivity contribution in [2.24, 2.45) is 7.05 Å². The Hall–Kier alpha value is -3.41. The van der Waals surface area contributed by atoms with Crippen molar-refractivity contribution in [2.45, 2.75) is 20.8 Å². The smallest absolute Gasteiger partial charge is 0.256 e. The molecule has 0 aliphatic carbocycles. The molecular weight excluding hydrogens is 340 g/mol. The van der Waals surface area contributed by atoms with E-state index < -0.39 is 0 Å². The third-order valence-corrected chi connectivity index (χ3v) is 4.75. The predicted octanol–water partition coefficient (Wildman–Crippen LogP) is 4.41. The summed E-state index contributed by atoms with van der Waals surface area (Å²) in [4.78, 5) is 17.7. The van der Waals surface area contributed by atoms with Gasteiger partial charge in [0.15, 0.2) is 11.4 Å². The highest BCUT2D eigenvalue weighted by Gasteiger charge is 2.20. The summed E-state index contributed by atoms with van der Waals surface area (Å²) in [6.07, 6.45) is 1.59. The Kier molecular flexibility index (Phi) is 4.03. The largest absolute Gasteiger partial charge is 0.463 e. The SMILES string of the molecule is Cc1ccc(NC(=O)c2cc(-c3ccco3)nc3c2c(C)nn3C)cc1C. The number of carbonyl (C=O) groups excluding carboxylic acids is 1. The van der Waals surface area contributed by atoms with E-state index in [4.69, 9.17) is 4.42 Å². The Labute approximate surface area is 156 Å². The number of hydrogen-bond acceptors (Lipinski definition) is 4. The molecule has 0 radical (unpaired) electrons. The summed E-state index contributed by atoms with van der Waals surface area (Å²) in [6, 6.07) is 11.2. The summed E-state index contributed by atoms with van der Waals surface area (Å²) in [5, 5.41) is 8.17. The van der Waals surface area contributed by atoms with Crippen LogP contribution in [0.3, 0.4) is 0 Å². The number of pyridine rings is 1. The number of aryl methyl sites for hydroxylation is 4. The molecule has 0 aliphatic rings. The van der Waals surface area contributed by atoms with Crippen LogP contribution in [0.4, 0.5) is 5.69 Å². The Balaban J connectivity index is 1.83. The molecule has 1 aromatic carbocycles. The summed E-state index contributed by atoms with van der Waals surface area (Å²) >= 11 is 0. The number of carbonyl (C=O) groups is 1. The molecule has 0 bridgehead atoms. The topological polar surface area (TPSA) is 73.0 Å². The second kappa shape index (κ2) is 6.39. The molecule has 6 heteroatoms. The van der Waals surface area contributed by atoms with Crippen LogP contribution in [0.1, 0.15) is 27.2 Å². The van der Waals surface area contributed by atoms with E-state index >= 15 is 0 Å². The normalized spacial score (nSPS) is 11.1. The molecule has 3 heterocycles. The highest BCUT2D eigenvalue weighted by Crippen LogP contribution is 2.28. The number of anilines is 1. The van der Waals surface area contributed by atoms with Crippen LogP contribution in [0.15, 0.2) is 47.1 Å². The van der Waals surface area contributed by atoms with Gasteiger partial charge in [0.2, 0.25) is 0 Å². The van der Waals surface area contributed by atoms with Crippen molar-refractivity contribution in [1.82, 2.24) is 14.8 Å². The maximum atomic E-state index is 13.1. The molecule has 4 rings (SSSR count). The molecule has 0 saturated heterocycles. The first-order valence-corrected chi connectivity index (χ1v) is 8.71. The standard InChI is InChI=1S/C21H20N4O2/c1-12-7-8-15(10-13(12)2)22-21(26)16-11-17(18-6-5-9-27-18)23-20-19(16)14(3)24-25(20)4/h5-11H,1-4H3,(H,22,26). The maximum Gasteiger partial charge on any atom is 0.256 e. The molecule has 136 valence electrons. The van der Waals surface area contributed by atoms with Gasteiger partial charge in [0.25, 0.3) is 5.91 Å². The lowest BCUT2D eigenvalue weighted by Gasteiger charge is -2.10. The van der Waals surface area contributed by atoms with Crippen molar-refractivity contribution in [2.75, 3.05) is 5.32 Å². The summed E-state index contributed by atoms with van der Waals surface area (Å²) in [6.45, 7) is 5.95. The number of hydrogen-bond donors (Lipinski definition) is 1. The molecule has 0 saturated carbocycles. The molecule has 27 heavy (non-hydrogen) atoms. The van der Waals surface area contributed by atoms with Crippen molar-refractivity contribution < 1.29 is 9.21 Å². The zero-order valence-corrected chi connectivity index (χ0v) is 15.7. The molecule has 0 aliphatic heterocycles. The zero-order chi connectivity index (χ0) is 19.1. The first kappa shape index (κ1) is 17.0. The summed E-state index contributed by atoms with van der Waals surface area (Å²) in [7, 11) is 1.82. The first-order chi connectivity index (χ1) is 12.9. The Bertz CT molecular complexity index is 1160. The lowest BCUT2D eigenvalue weighted by molar-refractivity contribution is 0.102. The van der Waals surface area contributed by atoms with Crippen LogP contribution in [0.2, 0.25) is 0 Å². The van der Waals surface area contributed by atoms with Gasteiger partial charge in [-0.3, -0.25) is 9.48 Å². The van der Waals surface area contributed by atoms with Crippen LogP contribution in [0, 0.1) is 20.8 Å². The summed E-state index contributed by atoms with van der Waals surface area (Å²) in [5.74, 6) is 0.408. The molecule has 4 aromatic rings. The van der Waals surface area contributed by atoms with Crippen LogP contribution in [0.25, 0.3) is 22.5 Å². The van der Waals surface area contributed by atoms with E-state index in [1.807, 2.05) is 52.1 Å². The monoisotopic (exact) mass is 360 g/mol. The Morgan fingerprint density at radius 2 is 1.93 bits per heavy atom. The van der Waals surface area contributed by atoms with Crippen molar-refractivity contribution in [1.29, 1.82) is 0 Å². The van der Waals surface area contributed by atoms with E-state index in [2.05, 4.69) is 15.4 Å². The molecule has 0 atom stereocenters. The van der Waals surface area contributed by atoms with E-state index in [1.165, 1.54) is 5.56 Å². The average molecular weight is 360 g/mol. The van der Waals surface area contributed by atoms with Gasteiger partial charge in [-0.15, -0.1) is 0 Å². The van der Waals surface area contributed by atoms with Crippen molar-refractivity contribution in [3.05, 3.63) is 65.0 Å². The highest BCUT2D eigenvalue weighted by molar-refractivity contribution is 6.13. The van der Waals surface area contributed by atoms with Crippen molar-refractivity contribution in [3.8, 4) is 11.5 Å². The molecular formula is C21H20N4O2. The number of benzene rings is 1. The number of furan rings is 1. The van der Waals surface area contributed by atoms with E-state index in [9.17, 15) is 4.79 Å². The Morgan fingerprint density at radius 1 is 1.11 bits per heavy atom. The second-order valence-electron chi connectivity index (χ2n) is 6.69. The third kappa shape index (κ3) is 2.99. The fraction of sp³-hybridized carbons (Fsp3) is 0.190. The highest BCUT2D eigenvalue weighted by atomic mass is 16.3. The van der Waals surface area contributed by atoms with Gasteiger partial charge in [0.1, 0.15) is 5.69 Å². The fourth-order valence-corrected chi connectivity index (χ4v) is 3.19. The molecule has 1 N–H and O–H groups in total. The minimum atomic E-state index is -0.199. The molecule has 3 aromatic heterocycles. The number of nitrogens with one attached hydrogen (secondary N) is 1. The van der Waals surface area contributed by atoms with E-state index in [0.29, 0.717) is 22.7 Å². The number of fused-ring (bicyclic) bond motifs is 1. The maximum absolute atomic E-state index is 13.1. The number of rotatable bonds is 3. The summed E-state index contributed by atoms with van der Waals surface area (Å²) in [5.41, 5.74) is 5.59. The van der Waals surface area contributed by atoms with Crippen molar-refractivity contribution in [3.63, 3.8) is 0 Å². The number of nitrogens with zero attached hydrogens (tertiary/aromatic N) is 3. The molecule has 1 amide bonds. The van der Waals surface area contributed by atoms with E-state index in [0.717, 1.165) is 22.3 Å². The van der Waals surface area contributed by atoms with Gasteiger partial charge in [0.05, 0.1) is 22.9 Å². The molecule has 0 fully saturated rings. The lowest BCUT2D eigenvalue weighted by Crippen LogP contribution is -2.13. The quantitative estimate of drug-likeness (QED) is 0.587. The van der Waals surface area contributed by atoms with Crippen LogP contribution in [-0.2, 0) is 7.05 Å². The molecule has 0 unspecified atom stereocenters. The van der Waals surface area contributed by atoms with Crippen LogP contribution in [-0.4, -0.2) is 20.7 Å². The van der Waals surface area contributed by atoms with Gasteiger partial charge in [-0.25, -0.2) is 4.98 Å². The minimum Gasteiger partial charge on any atom is -0.463 e. The summed E-state index contributed by atoms with van der Waals surface area (Å²) < 4.78 is 7.16. The Morgan fingerprint density at radius 3 is 2.63 bits per heavy atom. The van der Waals surface area contributed by atoms with E-state index in [-0.39, 0.29) is 5.91 Å². The van der Waals surface area contributed by atoms with Gasteiger partial charge in [-0.1, -0.05) is 6.07 Å². The minimum absolute atomic E-state index is 0.199. The van der Waals surface area contributed by atoms with Crippen LogP contribution >= 0.6 is 0 Å². The van der Waals surface area contributed by atoms with Gasteiger partial charge >= 0.3 is 0 Å². The molecule has 6 nitrogen and oxygen atoms in total. The van der Waals surface area contributed by atoms with Crippen LogP contribution in [0.5, 0.6) is 0 Å².